The molecule has 0 aromatic heterocycles. The lowest BCUT2D eigenvalue weighted by molar-refractivity contribution is 0.0956. The number of benzene rings is 1. The molecule has 0 unspecified atom stereocenters. The van der Waals surface area contributed by atoms with Crippen LogP contribution in [0, 0.1) is 0 Å². The fourth-order valence-electron chi connectivity index (χ4n) is 1.07. The Morgan fingerprint density at radius 3 is 2.79 bits per heavy atom. The first kappa shape index (κ1) is 10.9. The van der Waals surface area contributed by atoms with Crippen LogP contribution in [0.2, 0.25) is 5.02 Å². The molecule has 14 heavy (non-hydrogen) atoms. The molecule has 0 saturated carbocycles. The van der Waals surface area contributed by atoms with E-state index >= 15 is 0 Å². The van der Waals surface area contributed by atoms with E-state index < -0.39 is 0 Å². The molecular formula is C10H12ClNO2. The van der Waals surface area contributed by atoms with Gasteiger partial charge in [0.25, 0.3) is 5.91 Å². The predicted molar refractivity (Wildman–Crippen MR) is 56.0 cm³/mol. The fraction of sp³-hybridized carbons (Fsp3) is 0.300. The van der Waals surface area contributed by atoms with Gasteiger partial charge in [0.2, 0.25) is 0 Å². The van der Waals surface area contributed by atoms with Gasteiger partial charge in [0, 0.05) is 12.1 Å². The summed E-state index contributed by atoms with van der Waals surface area (Å²) in [6.45, 7) is 2.46. The Morgan fingerprint density at radius 2 is 2.29 bits per heavy atom. The van der Waals surface area contributed by atoms with Gasteiger partial charge in [-0.05, 0) is 25.1 Å². The quantitative estimate of drug-likeness (QED) is 0.835. The Labute approximate surface area is 88.0 Å². The molecular weight excluding hydrogens is 202 g/mol. The molecule has 0 fully saturated rings. The van der Waals surface area contributed by atoms with Gasteiger partial charge in [-0.2, -0.15) is 0 Å². The lowest BCUT2D eigenvalue weighted by Crippen LogP contribution is -2.22. The monoisotopic (exact) mass is 213 g/mol. The van der Waals surface area contributed by atoms with Crippen LogP contribution in [0.25, 0.3) is 0 Å². The number of hydrogen-bond acceptors (Lipinski definition) is 2. The summed E-state index contributed by atoms with van der Waals surface area (Å²) in [7, 11) is 1.53. The number of methoxy groups -OCH3 is 1. The SMILES string of the molecule is CCNC(=O)c1ccc(OC)c(Cl)c1. The molecule has 4 heteroatoms. The van der Waals surface area contributed by atoms with E-state index in [0.717, 1.165) is 0 Å². The van der Waals surface area contributed by atoms with E-state index in [1.54, 1.807) is 18.2 Å². The fourth-order valence-corrected chi connectivity index (χ4v) is 1.33. The van der Waals surface area contributed by atoms with Crippen molar-refractivity contribution in [2.75, 3.05) is 13.7 Å². The summed E-state index contributed by atoms with van der Waals surface area (Å²) in [6.07, 6.45) is 0. The summed E-state index contributed by atoms with van der Waals surface area (Å²) < 4.78 is 4.98. The highest BCUT2D eigenvalue weighted by molar-refractivity contribution is 6.32. The molecule has 0 saturated heterocycles. The molecule has 1 amide bonds. The van der Waals surface area contributed by atoms with Gasteiger partial charge in [0.1, 0.15) is 5.75 Å². The van der Waals surface area contributed by atoms with Crippen molar-refractivity contribution in [3.8, 4) is 5.75 Å². The third-order valence-corrected chi connectivity index (χ3v) is 2.05. The number of halogens is 1. The number of carbonyl (C=O) groups is 1. The molecule has 76 valence electrons. The molecule has 0 bridgehead atoms. The molecule has 0 spiro atoms. The summed E-state index contributed by atoms with van der Waals surface area (Å²) >= 11 is 5.87. The summed E-state index contributed by atoms with van der Waals surface area (Å²) in [5.74, 6) is 0.441. The van der Waals surface area contributed by atoms with Crippen molar-refractivity contribution >= 4 is 17.5 Å². The van der Waals surface area contributed by atoms with E-state index in [2.05, 4.69) is 5.32 Å². The first-order valence-corrected chi connectivity index (χ1v) is 4.68. The largest absolute Gasteiger partial charge is 0.495 e. The predicted octanol–water partition coefficient (Wildman–Crippen LogP) is 2.10. The van der Waals surface area contributed by atoms with Crippen molar-refractivity contribution in [3.05, 3.63) is 28.8 Å². The molecule has 0 heterocycles. The first-order chi connectivity index (χ1) is 6.69. The number of carbonyl (C=O) groups excluding carboxylic acids is 1. The average Bonchev–Trinajstić information content (AvgIpc) is 2.18. The van der Waals surface area contributed by atoms with E-state index in [1.807, 2.05) is 6.92 Å². The number of amides is 1. The van der Waals surface area contributed by atoms with Crippen molar-refractivity contribution in [1.82, 2.24) is 5.32 Å². The molecule has 1 aromatic rings. The second-order valence-electron chi connectivity index (χ2n) is 2.71. The van der Waals surface area contributed by atoms with Crippen molar-refractivity contribution in [2.45, 2.75) is 6.92 Å². The summed E-state index contributed by atoms with van der Waals surface area (Å²) in [6, 6.07) is 4.94. The van der Waals surface area contributed by atoms with Gasteiger partial charge in [-0.3, -0.25) is 4.79 Å². The summed E-state index contributed by atoms with van der Waals surface area (Å²) in [4.78, 5) is 11.4. The molecule has 3 nitrogen and oxygen atoms in total. The molecule has 0 radical (unpaired) electrons. The second-order valence-corrected chi connectivity index (χ2v) is 3.12. The third-order valence-electron chi connectivity index (χ3n) is 1.75. The van der Waals surface area contributed by atoms with Gasteiger partial charge in [0.05, 0.1) is 12.1 Å². The van der Waals surface area contributed by atoms with Gasteiger partial charge in [0.15, 0.2) is 0 Å². The zero-order valence-electron chi connectivity index (χ0n) is 8.13. The van der Waals surface area contributed by atoms with Gasteiger partial charge in [-0.15, -0.1) is 0 Å². The highest BCUT2D eigenvalue weighted by Crippen LogP contribution is 2.24. The lowest BCUT2D eigenvalue weighted by atomic mass is 10.2. The van der Waals surface area contributed by atoms with Crippen molar-refractivity contribution < 1.29 is 9.53 Å². The Morgan fingerprint density at radius 1 is 1.57 bits per heavy atom. The first-order valence-electron chi connectivity index (χ1n) is 4.30. The standard InChI is InChI=1S/C10H12ClNO2/c1-3-12-10(13)7-4-5-9(14-2)8(11)6-7/h4-6H,3H2,1-2H3,(H,12,13). The van der Waals surface area contributed by atoms with Crippen LogP contribution >= 0.6 is 11.6 Å². The minimum absolute atomic E-state index is 0.128. The molecule has 1 aromatic carbocycles. The van der Waals surface area contributed by atoms with Crippen molar-refractivity contribution in [1.29, 1.82) is 0 Å². The molecule has 0 aliphatic rings. The highest BCUT2D eigenvalue weighted by atomic mass is 35.5. The zero-order chi connectivity index (χ0) is 10.6. The number of ether oxygens (including phenoxy) is 1. The van der Waals surface area contributed by atoms with Crippen LogP contribution < -0.4 is 10.1 Å². The maximum Gasteiger partial charge on any atom is 0.251 e. The van der Waals surface area contributed by atoms with Crippen LogP contribution in [0.3, 0.4) is 0 Å². The molecule has 1 rings (SSSR count). The van der Waals surface area contributed by atoms with Gasteiger partial charge in [-0.1, -0.05) is 11.6 Å². The molecule has 0 aliphatic carbocycles. The van der Waals surface area contributed by atoms with Crippen molar-refractivity contribution in [3.63, 3.8) is 0 Å². The summed E-state index contributed by atoms with van der Waals surface area (Å²) in [5.41, 5.74) is 0.539. The highest BCUT2D eigenvalue weighted by Gasteiger charge is 2.07. The van der Waals surface area contributed by atoms with E-state index in [0.29, 0.717) is 22.9 Å². The Balaban J connectivity index is 2.91. The van der Waals surface area contributed by atoms with Crippen LogP contribution in [0.15, 0.2) is 18.2 Å². The maximum absolute atomic E-state index is 11.4. The second kappa shape index (κ2) is 4.86. The smallest absolute Gasteiger partial charge is 0.251 e. The van der Waals surface area contributed by atoms with Crippen LogP contribution in [0.1, 0.15) is 17.3 Å². The van der Waals surface area contributed by atoms with Gasteiger partial charge >= 0.3 is 0 Å². The maximum atomic E-state index is 11.4. The molecule has 0 atom stereocenters. The molecule has 1 N–H and O–H groups in total. The molecule has 0 aliphatic heterocycles. The van der Waals surface area contributed by atoms with E-state index in [1.165, 1.54) is 7.11 Å². The number of rotatable bonds is 3. The average molecular weight is 214 g/mol. The van der Waals surface area contributed by atoms with Crippen LogP contribution in [0.5, 0.6) is 5.75 Å². The Kier molecular flexibility index (Phi) is 3.77. The number of hydrogen-bond donors (Lipinski definition) is 1. The number of nitrogens with one attached hydrogen (secondary N) is 1. The minimum atomic E-state index is -0.128. The van der Waals surface area contributed by atoms with E-state index in [9.17, 15) is 4.79 Å². The lowest BCUT2D eigenvalue weighted by Gasteiger charge is -2.05. The van der Waals surface area contributed by atoms with Crippen LogP contribution in [-0.4, -0.2) is 19.6 Å². The topological polar surface area (TPSA) is 38.3 Å². The zero-order valence-corrected chi connectivity index (χ0v) is 8.89. The third kappa shape index (κ3) is 2.39. The van der Waals surface area contributed by atoms with Gasteiger partial charge < -0.3 is 10.1 Å². The van der Waals surface area contributed by atoms with Crippen LogP contribution in [0.4, 0.5) is 0 Å². The normalized spacial score (nSPS) is 9.64. The summed E-state index contributed by atoms with van der Waals surface area (Å²) in [5, 5.41) is 3.13. The van der Waals surface area contributed by atoms with Gasteiger partial charge in [-0.25, -0.2) is 0 Å². The minimum Gasteiger partial charge on any atom is -0.495 e. The van der Waals surface area contributed by atoms with Crippen LogP contribution in [-0.2, 0) is 0 Å². The van der Waals surface area contributed by atoms with E-state index in [-0.39, 0.29) is 5.91 Å². The van der Waals surface area contributed by atoms with Crippen molar-refractivity contribution in [2.24, 2.45) is 0 Å². The van der Waals surface area contributed by atoms with E-state index in [4.69, 9.17) is 16.3 Å². The Hall–Kier alpha value is -1.22. The Bertz CT molecular complexity index is 339.